The van der Waals surface area contributed by atoms with E-state index in [0.717, 1.165) is 18.5 Å². The Bertz CT molecular complexity index is 389. The van der Waals surface area contributed by atoms with Crippen LogP contribution < -0.4 is 5.32 Å². The van der Waals surface area contributed by atoms with Crippen LogP contribution in [0, 0.1) is 12.8 Å². The Morgan fingerprint density at radius 3 is 2.61 bits per heavy atom. The maximum absolute atomic E-state index is 11.8. The van der Waals surface area contributed by atoms with Gasteiger partial charge in [0.2, 0.25) is 0 Å². The van der Waals surface area contributed by atoms with E-state index in [1.54, 1.807) is 12.1 Å². The number of aliphatic hydroxyl groups is 1. The molecule has 0 radical (unpaired) electrons. The van der Waals surface area contributed by atoms with Gasteiger partial charge in [0.1, 0.15) is 5.69 Å². The molecule has 1 amide bonds. The third kappa shape index (κ3) is 4.11. The van der Waals surface area contributed by atoms with Gasteiger partial charge < -0.3 is 10.4 Å². The number of rotatable bonds is 6. The second-order valence-electron chi connectivity index (χ2n) is 4.52. The first-order valence-corrected chi connectivity index (χ1v) is 6.48. The van der Waals surface area contributed by atoms with Crippen LogP contribution in [0.1, 0.15) is 42.9 Å². The summed E-state index contributed by atoms with van der Waals surface area (Å²) in [4.78, 5) is 16.0. The molecule has 4 nitrogen and oxygen atoms in total. The predicted octanol–water partition coefficient (Wildman–Crippen LogP) is 1.92. The van der Waals surface area contributed by atoms with E-state index in [2.05, 4.69) is 10.3 Å². The van der Waals surface area contributed by atoms with E-state index in [9.17, 15) is 9.90 Å². The van der Waals surface area contributed by atoms with Gasteiger partial charge in [0.25, 0.3) is 5.91 Å². The number of nitrogens with zero attached hydrogens (tertiary/aromatic N) is 1. The van der Waals surface area contributed by atoms with E-state index in [1.165, 1.54) is 0 Å². The highest BCUT2D eigenvalue weighted by Gasteiger charge is 2.16. The van der Waals surface area contributed by atoms with Crippen LogP contribution in [-0.4, -0.2) is 28.6 Å². The lowest BCUT2D eigenvalue weighted by molar-refractivity contribution is 0.0813. The van der Waals surface area contributed by atoms with Crippen molar-refractivity contribution in [3.8, 4) is 0 Å². The van der Waals surface area contributed by atoms with Crippen molar-refractivity contribution in [1.82, 2.24) is 10.3 Å². The first-order chi connectivity index (χ1) is 8.58. The first kappa shape index (κ1) is 14.6. The summed E-state index contributed by atoms with van der Waals surface area (Å²) in [6.07, 6.45) is 1.33. The average molecular weight is 250 g/mol. The monoisotopic (exact) mass is 250 g/mol. The minimum atomic E-state index is -0.492. The maximum Gasteiger partial charge on any atom is 0.269 e. The topological polar surface area (TPSA) is 62.2 Å². The van der Waals surface area contributed by atoms with Crippen molar-refractivity contribution < 1.29 is 9.90 Å². The molecule has 1 aromatic rings. The molecule has 0 aliphatic rings. The number of aromatic nitrogens is 1. The quantitative estimate of drug-likeness (QED) is 0.810. The zero-order chi connectivity index (χ0) is 13.5. The highest BCUT2D eigenvalue weighted by atomic mass is 16.3. The van der Waals surface area contributed by atoms with Gasteiger partial charge in [0, 0.05) is 12.2 Å². The van der Waals surface area contributed by atoms with Crippen molar-refractivity contribution in [2.75, 3.05) is 6.54 Å². The summed E-state index contributed by atoms with van der Waals surface area (Å²) in [6, 6.07) is 5.32. The van der Waals surface area contributed by atoms with E-state index in [-0.39, 0.29) is 18.4 Å². The van der Waals surface area contributed by atoms with Gasteiger partial charge in [0.15, 0.2) is 0 Å². The second-order valence-corrected chi connectivity index (χ2v) is 4.52. The van der Waals surface area contributed by atoms with Crippen LogP contribution in [0.3, 0.4) is 0 Å². The molecule has 1 aromatic heterocycles. The molecule has 0 saturated heterocycles. The Kier molecular flexibility index (Phi) is 5.78. The van der Waals surface area contributed by atoms with Gasteiger partial charge in [-0.05, 0) is 25.0 Å². The zero-order valence-electron chi connectivity index (χ0n) is 11.3. The van der Waals surface area contributed by atoms with Crippen LogP contribution in [-0.2, 0) is 0 Å². The van der Waals surface area contributed by atoms with Crippen LogP contribution in [0.25, 0.3) is 0 Å². The molecule has 0 spiro atoms. The Morgan fingerprint density at radius 2 is 2.06 bits per heavy atom. The number of carbonyl (C=O) groups excluding carboxylic acids is 1. The molecule has 4 heteroatoms. The van der Waals surface area contributed by atoms with E-state index in [1.807, 2.05) is 26.8 Å². The van der Waals surface area contributed by atoms with Gasteiger partial charge in [0.05, 0.1) is 6.10 Å². The van der Waals surface area contributed by atoms with E-state index >= 15 is 0 Å². The fourth-order valence-electron chi connectivity index (χ4n) is 1.96. The van der Waals surface area contributed by atoms with Gasteiger partial charge >= 0.3 is 0 Å². The highest BCUT2D eigenvalue weighted by molar-refractivity contribution is 5.92. The van der Waals surface area contributed by atoms with Crippen molar-refractivity contribution in [1.29, 1.82) is 0 Å². The molecular formula is C14H22N2O2. The van der Waals surface area contributed by atoms with Crippen LogP contribution in [0.15, 0.2) is 18.2 Å². The first-order valence-electron chi connectivity index (χ1n) is 6.48. The van der Waals surface area contributed by atoms with Gasteiger partial charge in [-0.15, -0.1) is 0 Å². The molecule has 1 unspecified atom stereocenters. The van der Waals surface area contributed by atoms with E-state index < -0.39 is 6.10 Å². The number of aliphatic hydroxyl groups excluding tert-OH is 1. The number of carbonyl (C=O) groups is 1. The van der Waals surface area contributed by atoms with Crippen LogP contribution in [0.2, 0.25) is 0 Å². The lowest BCUT2D eigenvalue weighted by Gasteiger charge is -2.20. The molecule has 0 fully saturated rings. The van der Waals surface area contributed by atoms with Gasteiger partial charge in [-0.25, -0.2) is 4.98 Å². The number of aryl methyl sites for hydroxylation is 1. The summed E-state index contributed by atoms with van der Waals surface area (Å²) >= 11 is 0. The van der Waals surface area contributed by atoms with Crippen LogP contribution in [0.4, 0.5) is 0 Å². The molecule has 0 saturated carbocycles. The fourth-order valence-corrected chi connectivity index (χ4v) is 1.96. The summed E-state index contributed by atoms with van der Waals surface area (Å²) in [5, 5.41) is 12.6. The molecule has 100 valence electrons. The molecular weight excluding hydrogens is 228 g/mol. The lowest BCUT2D eigenvalue weighted by Crippen LogP contribution is -2.36. The Balaban J connectivity index is 2.51. The maximum atomic E-state index is 11.8. The Hall–Kier alpha value is -1.42. The number of amides is 1. The molecule has 1 heterocycles. The third-order valence-corrected chi connectivity index (χ3v) is 3.19. The third-order valence-electron chi connectivity index (χ3n) is 3.19. The summed E-state index contributed by atoms with van der Waals surface area (Å²) in [5.41, 5.74) is 1.20. The standard InChI is InChI=1S/C14H22N2O2/c1-4-11(5-2)13(17)9-15-14(18)12-8-6-7-10(3)16-12/h6-8,11,13,17H,4-5,9H2,1-3H3,(H,15,18). The van der Waals surface area contributed by atoms with Gasteiger partial charge in [-0.3, -0.25) is 4.79 Å². The Morgan fingerprint density at radius 1 is 1.39 bits per heavy atom. The van der Waals surface area contributed by atoms with Crippen molar-refractivity contribution in [3.05, 3.63) is 29.6 Å². The van der Waals surface area contributed by atoms with Crippen molar-refractivity contribution in [3.63, 3.8) is 0 Å². The molecule has 0 aliphatic heterocycles. The van der Waals surface area contributed by atoms with E-state index in [0.29, 0.717) is 5.69 Å². The summed E-state index contributed by atoms with van der Waals surface area (Å²) in [7, 11) is 0. The molecule has 18 heavy (non-hydrogen) atoms. The average Bonchev–Trinajstić information content (AvgIpc) is 2.37. The smallest absolute Gasteiger partial charge is 0.269 e. The molecule has 0 aromatic carbocycles. The van der Waals surface area contributed by atoms with E-state index in [4.69, 9.17) is 0 Å². The molecule has 2 N–H and O–H groups in total. The van der Waals surface area contributed by atoms with Gasteiger partial charge in [-0.2, -0.15) is 0 Å². The summed E-state index contributed by atoms with van der Waals surface area (Å²) in [5.74, 6) is -0.000486. The molecule has 1 atom stereocenters. The number of nitrogens with one attached hydrogen (secondary N) is 1. The minimum absolute atomic E-state index is 0.232. The van der Waals surface area contributed by atoms with Crippen LogP contribution in [0.5, 0.6) is 0 Å². The fraction of sp³-hybridized carbons (Fsp3) is 0.571. The number of pyridine rings is 1. The lowest BCUT2D eigenvalue weighted by atomic mass is 9.96. The minimum Gasteiger partial charge on any atom is -0.391 e. The zero-order valence-corrected chi connectivity index (χ0v) is 11.3. The second kappa shape index (κ2) is 7.11. The predicted molar refractivity (Wildman–Crippen MR) is 71.4 cm³/mol. The highest BCUT2D eigenvalue weighted by Crippen LogP contribution is 2.12. The van der Waals surface area contributed by atoms with Crippen molar-refractivity contribution in [2.24, 2.45) is 5.92 Å². The summed E-state index contributed by atoms with van der Waals surface area (Å²) < 4.78 is 0. The SMILES string of the molecule is CCC(CC)C(O)CNC(=O)c1cccc(C)n1. The molecule has 0 bridgehead atoms. The van der Waals surface area contributed by atoms with Crippen molar-refractivity contribution in [2.45, 2.75) is 39.7 Å². The molecule has 0 aliphatic carbocycles. The number of hydrogen-bond donors (Lipinski definition) is 2. The van der Waals surface area contributed by atoms with Gasteiger partial charge in [-0.1, -0.05) is 32.8 Å². The van der Waals surface area contributed by atoms with Crippen molar-refractivity contribution >= 4 is 5.91 Å². The Labute approximate surface area is 108 Å². The molecule has 1 rings (SSSR count). The number of hydrogen-bond acceptors (Lipinski definition) is 3. The normalized spacial score (nSPS) is 12.5. The largest absolute Gasteiger partial charge is 0.391 e. The van der Waals surface area contributed by atoms with Crippen LogP contribution >= 0.6 is 0 Å². The summed E-state index contributed by atoms with van der Waals surface area (Å²) in [6.45, 7) is 6.21.